The monoisotopic (exact) mass is 276 g/mol. The van der Waals surface area contributed by atoms with Gasteiger partial charge in [0.05, 0.1) is 0 Å². The molecule has 0 fully saturated rings. The molecule has 0 amide bonds. The number of hydrogen-bond acceptors (Lipinski definition) is 1. The Morgan fingerprint density at radius 3 is 2.44 bits per heavy atom. The summed E-state index contributed by atoms with van der Waals surface area (Å²) in [6.45, 7) is 5.44. The van der Waals surface area contributed by atoms with Crippen LogP contribution in [0.5, 0.6) is 0 Å². The lowest BCUT2D eigenvalue weighted by molar-refractivity contribution is 0.103. The smallest absolute Gasteiger partial charge is 0.193 e. The molecule has 0 heterocycles. The zero-order valence-corrected chi connectivity index (χ0v) is 10.7. The maximum absolute atomic E-state index is 12.1. The van der Waals surface area contributed by atoms with Crippen molar-refractivity contribution in [3.8, 4) is 0 Å². The minimum atomic E-state index is 0.00748. The molecule has 0 aromatic heterocycles. The van der Waals surface area contributed by atoms with Crippen LogP contribution in [0.3, 0.4) is 0 Å². The average molecular weight is 277 g/mol. The van der Waals surface area contributed by atoms with Crippen LogP contribution in [0.1, 0.15) is 17.3 Å². The van der Waals surface area contributed by atoms with Crippen LogP contribution >= 0.6 is 15.9 Å². The van der Waals surface area contributed by atoms with Crippen molar-refractivity contribution in [2.45, 2.75) is 6.92 Å². The van der Waals surface area contributed by atoms with E-state index in [1.807, 2.05) is 25.1 Å². The summed E-state index contributed by atoms with van der Waals surface area (Å²) in [5, 5.41) is 0. The number of carbonyl (C=O) groups is 1. The van der Waals surface area contributed by atoms with Crippen molar-refractivity contribution in [1.29, 1.82) is 0 Å². The summed E-state index contributed by atoms with van der Waals surface area (Å²) < 4.78 is 0.819. The van der Waals surface area contributed by atoms with Crippen LogP contribution in [0.2, 0.25) is 0 Å². The molecule has 1 nitrogen and oxygen atoms in total. The summed E-state index contributed by atoms with van der Waals surface area (Å²) in [5.41, 5.74) is 1.33. The molecule has 0 bridgehead atoms. The maximum Gasteiger partial charge on any atom is 0.193 e. The van der Waals surface area contributed by atoms with Crippen molar-refractivity contribution >= 4 is 21.7 Å². The third kappa shape index (κ3) is 3.31. The van der Waals surface area contributed by atoms with Gasteiger partial charge in [-0.3, -0.25) is 4.79 Å². The molecule has 82 valence electrons. The predicted octanol–water partition coefficient (Wildman–Crippen LogP) is 4.28. The number of hydrogen-bond donors (Lipinski definition) is 0. The molecule has 0 N–H and O–H groups in total. The van der Waals surface area contributed by atoms with Crippen molar-refractivity contribution in [3.63, 3.8) is 0 Å². The molecule has 0 spiro atoms. The second-order valence-electron chi connectivity index (χ2n) is 3.24. The fourth-order valence-electron chi connectivity index (χ4n) is 1.26. The van der Waals surface area contributed by atoms with Crippen LogP contribution in [0.4, 0.5) is 0 Å². The van der Waals surface area contributed by atoms with Gasteiger partial charge < -0.3 is 0 Å². The highest BCUT2D eigenvalue weighted by Gasteiger charge is 2.10. The van der Waals surface area contributed by atoms with Crippen molar-refractivity contribution < 1.29 is 4.79 Å². The van der Waals surface area contributed by atoms with Gasteiger partial charge in [-0.05, 0) is 6.92 Å². The number of halogens is 1. The van der Waals surface area contributed by atoms with E-state index >= 15 is 0 Å². The lowest BCUT2D eigenvalue weighted by Crippen LogP contribution is -2.02. The lowest BCUT2D eigenvalue weighted by atomic mass is 10.0. The predicted molar refractivity (Wildman–Crippen MR) is 71.7 cm³/mol. The van der Waals surface area contributed by atoms with E-state index in [1.54, 1.807) is 30.4 Å². The molecule has 1 rings (SSSR count). The first-order chi connectivity index (χ1) is 7.66. The molecule has 1 aromatic rings. The first-order valence-corrected chi connectivity index (χ1v) is 5.71. The van der Waals surface area contributed by atoms with Crippen LogP contribution in [-0.4, -0.2) is 5.78 Å². The molecule has 0 radical (unpaired) electrons. The minimum Gasteiger partial charge on any atom is -0.289 e. The summed E-state index contributed by atoms with van der Waals surface area (Å²) in [6.07, 6.45) is 5.15. The van der Waals surface area contributed by atoms with Gasteiger partial charge in [0.1, 0.15) is 0 Å². The van der Waals surface area contributed by atoms with Crippen LogP contribution in [0.25, 0.3) is 0 Å². The number of Topliss-reactive ketones (excluding diaryl/α,β-unsaturated/α-hetero) is 1. The van der Waals surface area contributed by atoms with Gasteiger partial charge in [0.2, 0.25) is 0 Å². The van der Waals surface area contributed by atoms with E-state index < -0.39 is 0 Å². The molecule has 0 atom stereocenters. The Kier molecular flexibility index (Phi) is 4.93. The minimum absolute atomic E-state index is 0.00748. The fourth-order valence-corrected chi connectivity index (χ4v) is 1.57. The number of ketones is 1. The largest absolute Gasteiger partial charge is 0.289 e. The van der Waals surface area contributed by atoms with E-state index in [2.05, 4.69) is 22.5 Å². The van der Waals surface area contributed by atoms with Crippen molar-refractivity contribution in [3.05, 3.63) is 70.8 Å². The molecule has 0 saturated heterocycles. The molecule has 0 aliphatic heterocycles. The SMILES string of the molecule is C=C/C=C\C(C(=O)c1ccccc1)=C(/C)Br. The molecular formula is C14H13BrO. The van der Waals surface area contributed by atoms with E-state index in [0.29, 0.717) is 11.1 Å². The molecule has 2 heteroatoms. The van der Waals surface area contributed by atoms with Crippen molar-refractivity contribution in [2.75, 3.05) is 0 Å². The number of benzene rings is 1. The summed E-state index contributed by atoms with van der Waals surface area (Å²) in [6, 6.07) is 9.21. The molecular weight excluding hydrogens is 264 g/mol. The van der Waals surface area contributed by atoms with Gasteiger partial charge in [0, 0.05) is 15.6 Å². The van der Waals surface area contributed by atoms with Crippen LogP contribution in [0.15, 0.2) is 65.2 Å². The van der Waals surface area contributed by atoms with Crippen molar-refractivity contribution in [2.24, 2.45) is 0 Å². The third-order valence-corrected chi connectivity index (χ3v) is 2.48. The van der Waals surface area contributed by atoms with Gasteiger partial charge in [0.25, 0.3) is 0 Å². The summed E-state index contributed by atoms with van der Waals surface area (Å²) in [5.74, 6) is 0.00748. The van der Waals surface area contributed by atoms with E-state index in [0.717, 1.165) is 4.48 Å². The molecule has 16 heavy (non-hydrogen) atoms. The van der Waals surface area contributed by atoms with Gasteiger partial charge >= 0.3 is 0 Å². The highest BCUT2D eigenvalue weighted by atomic mass is 79.9. The van der Waals surface area contributed by atoms with Gasteiger partial charge in [-0.15, -0.1) is 0 Å². The van der Waals surface area contributed by atoms with E-state index in [-0.39, 0.29) is 5.78 Å². The standard InChI is InChI=1S/C14H13BrO/c1-3-4-10-13(11(2)15)14(16)12-8-6-5-7-9-12/h3-10H,1H2,2H3/b10-4-,13-11-. The Morgan fingerprint density at radius 2 is 1.94 bits per heavy atom. The van der Waals surface area contributed by atoms with Crippen LogP contribution in [-0.2, 0) is 0 Å². The van der Waals surface area contributed by atoms with Gasteiger partial charge in [-0.2, -0.15) is 0 Å². The molecule has 0 aliphatic rings. The second-order valence-corrected chi connectivity index (χ2v) is 4.43. The van der Waals surface area contributed by atoms with Crippen molar-refractivity contribution in [1.82, 2.24) is 0 Å². The first kappa shape index (κ1) is 12.7. The first-order valence-electron chi connectivity index (χ1n) is 4.92. The lowest BCUT2D eigenvalue weighted by Gasteiger charge is -2.03. The zero-order chi connectivity index (χ0) is 12.0. The molecule has 0 aliphatic carbocycles. The number of carbonyl (C=O) groups excluding carboxylic acids is 1. The highest BCUT2D eigenvalue weighted by molar-refractivity contribution is 9.11. The Labute approximate surface area is 104 Å². The maximum atomic E-state index is 12.1. The van der Waals surface area contributed by atoms with Gasteiger partial charge in [0.15, 0.2) is 5.78 Å². The van der Waals surface area contributed by atoms with Gasteiger partial charge in [-0.25, -0.2) is 0 Å². The highest BCUT2D eigenvalue weighted by Crippen LogP contribution is 2.17. The van der Waals surface area contributed by atoms with Gasteiger partial charge in [-0.1, -0.05) is 71.1 Å². The Hall–Kier alpha value is -1.41. The van der Waals surface area contributed by atoms with E-state index in [1.165, 1.54) is 0 Å². The summed E-state index contributed by atoms with van der Waals surface area (Å²) in [4.78, 5) is 12.1. The quantitative estimate of drug-likeness (QED) is 0.456. The summed E-state index contributed by atoms with van der Waals surface area (Å²) >= 11 is 3.34. The number of rotatable bonds is 4. The average Bonchev–Trinajstić information content (AvgIpc) is 2.30. The molecule has 0 saturated carbocycles. The Morgan fingerprint density at radius 1 is 1.31 bits per heavy atom. The second kappa shape index (κ2) is 6.23. The van der Waals surface area contributed by atoms with E-state index in [9.17, 15) is 4.79 Å². The van der Waals surface area contributed by atoms with E-state index in [4.69, 9.17) is 0 Å². The fraction of sp³-hybridized carbons (Fsp3) is 0.0714. The normalized spacial score (nSPS) is 12.4. The number of allylic oxidation sites excluding steroid dienone is 5. The Bertz CT molecular complexity index is 437. The van der Waals surface area contributed by atoms with Crippen LogP contribution in [0, 0.1) is 0 Å². The zero-order valence-electron chi connectivity index (χ0n) is 9.11. The molecule has 1 aromatic carbocycles. The topological polar surface area (TPSA) is 17.1 Å². The Balaban J connectivity index is 3.08. The van der Waals surface area contributed by atoms with Crippen LogP contribution < -0.4 is 0 Å². The molecule has 0 unspecified atom stereocenters. The third-order valence-electron chi connectivity index (χ3n) is 2.05. The summed E-state index contributed by atoms with van der Waals surface area (Å²) in [7, 11) is 0.